The molecule has 9 aromatic carbocycles. The Morgan fingerprint density at radius 3 is 1.52 bits per heavy atom. The lowest BCUT2D eigenvalue weighted by Crippen LogP contribution is -2.57. The molecule has 14 rings (SSSR count). The van der Waals surface area contributed by atoms with Crippen molar-refractivity contribution in [2.75, 3.05) is 0 Å². The Labute approximate surface area is 344 Å². The summed E-state index contributed by atoms with van der Waals surface area (Å²) in [6, 6.07) is 69.6. The lowest BCUT2D eigenvalue weighted by Gasteiger charge is -2.34. The maximum atomic E-state index is 7.44. The third-order valence-electron chi connectivity index (χ3n) is 12.9. The predicted octanol–water partition coefficient (Wildman–Crippen LogP) is 11.7. The molecule has 12 aromatic rings. The second-order valence-electron chi connectivity index (χ2n) is 16.0. The summed E-state index contributed by atoms with van der Waals surface area (Å²) in [4.78, 5) is 0. The number of nitrogens with zero attached hydrogens (tertiary/aromatic N) is 3. The average Bonchev–Trinajstić information content (AvgIpc) is 3.95. The van der Waals surface area contributed by atoms with Gasteiger partial charge in [-0.25, -0.2) is 0 Å². The maximum absolute atomic E-state index is 7.44. The van der Waals surface area contributed by atoms with Crippen LogP contribution >= 0.6 is 0 Å². The van der Waals surface area contributed by atoms with E-state index in [0.29, 0.717) is 0 Å². The van der Waals surface area contributed by atoms with Crippen LogP contribution in [0.4, 0.5) is 0 Å². The molecule has 60 heavy (non-hydrogen) atoms. The van der Waals surface area contributed by atoms with Gasteiger partial charge >= 0.3 is 0 Å². The molecule has 0 bridgehead atoms. The van der Waals surface area contributed by atoms with Crippen LogP contribution in [0.3, 0.4) is 0 Å². The van der Waals surface area contributed by atoms with E-state index in [2.05, 4.69) is 208 Å². The van der Waals surface area contributed by atoms with Gasteiger partial charge in [-0.1, -0.05) is 121 Å². The normalized spacial score (nSPS) is 12.9. The van der Waals surface area contributed by atoms with E-state index in [-0.39, 0.29) is 6.71 Å². The summed E-state index contributed by atoms with van der Waals surface area (Å²) in [5, 5.41) is 6.91. The quantitative estimate of drug-likeness (QED) is 0.168. The van der Waals surface area contributed by atoms with Gasteiger partial charge in [0.05, 0.1) is 38.5 Å². The molecule has 0 radical (unpaired) electrons. The summed E-state index contributed by atoms with van der Waals surface area (Å²) in [5.74, 6) is 3.40. The molecule has 0 saturated carbocycles. The molecule has 0 amide bonds. The van der Waals surface area contributed by atoms with Crippen LogP contribution in [-0.2, 0) is 0 Å². The Kier molecular flexibility index (Phi) is 6.31. The molecule has 5 nitrogen and oxygen atoms in total. The van der Waals surface area contributed by atoms with E-state index < -0.39 is 0 Å². The number of ether oxygens (including phenoxy) is 2. The fourth-order valence-electron chi connectivity index (χ4n) is 10.5. The highest BCUT2D eigenvalue weighted by molar-refractivity contribution is 6.98. The first kappa shape index (κ1) is 32.1. The second-order valence-corrected chi connectivity index (χ2v) is 16.0. The van der Waals surface area contributed by atoms with E-state index in [1.54, 1.807) is 0 Å². The van der Waals surface area contributed by atoms with Crippen LogP contribution in [0.15, 0.2) is 194 Å². The van der Waals surface area contributed by atoms with Crippen LogP contribution < -0.4 is 25.9 Å². The third kappa shape index (κ3) is 4.16. The third-order valence-corrected chi connectivity index (χ3v) is 12.9. The number of hydrogen-bond acceptors (Lipinski definition) is 2. The van der Waals surface area contributed by atoms with Crippen LogP contribution in [0.5, 0.6) is 23.0 Å². The van der Waals surface area contributed by atoms with Crippen molar-refractivity contribution in [3.05, 3.63) is 194 Å². The van der Waals surface area contributed by atoms with Crippen LogP contribution in [0.25, 0.3) is 82.5 Å². The second kappa shape index (κ2) is 11.8. The number of benzene rings is 9. The van der Waals surface area contributed by atoms with E-state index in [1.165, 1.54) is 10.8 Å². The summed E-state index contributed by atoms with van der Waals surface area (Å²) in [5.41, 5.74) is 13.3. The highest BCUT2D eigenvalue weighted by Crippen LogP contribution is 2.48. The van der Waals surface area contributed by atoms with Gasteiger partial charge in [0.15, 0.2) is 5.75 Å². The molecular formula is C54H32BN3O2. The van der Waals surface area contributed by atoms with Crippen LogP contribution in [-0.4, -0.2) is 20.4 Å². The Hall–Kier alpha value is -7.96. The number of hydrogen-bond donors (Lipinski definition) is 0. The van der Waals surface area contributed by atoms with Crippen LogP contribution in [0, 0.1) is 0 Å². The van der Waals surface area contributed by atoms with Crippen LogP contribution in [0.2, 0.25) is 0 Å². The molecule has 6 heteroatoms. The molecule has 0 unspecified atom stereocenters. The van der Waals surface area contributed by atoms with Crippen molar-refractivity contribution in [1.82, 2.24) is 13.7 Å². The van der Waals surface area contributed by atoms with Gasteiger partial charge in [0.1, 0.15) is 17.2 Å². The summed E-state index contributed by atoms with van der Waals surface area (Å²) in [7, 11) is 0. The first-order valence-corrected chi connectivity index (χ1v) is 20.6. The van der Waals surface area contributed by atoms with E-state index in [4.69, 9.17) is 9.47 Å². The van der Waals surface area contributed by atoms with Gasteiger partial charge in [-0.15, -0.1) is 0 Å². The summed E-state index contributed by atoms with van der Waals surface area (Å²) < 4.78 is 21.9. The van der Waals surface area contributed by atoms with Crippen LogP contribution in [0.1, 0.15) is 0 Å². The van der Waals surface area contributed by atoms with Crippen molar-refractivity contribution in [3.63, 3.8) is 0 Å². The zero-order chi connectivity index (χ0) is 39.1. The Balaban J connectivity index is 1.14. The predicted molar refractivity (Wildman–Crippen MR) is 247 cm³/mol. The highest BCUT2D eigenvalue weighted by Gasteiger charge is 2.43. The molecule has 3 aromatic heterocycles. The molecule has 2 aliphatic rings. The van der Waals surface area contributed by atoms with E-state index in [9.17, 15) is 0 Å². The zero-order valence-electron chi connectivity index (χ0n) is 32.2. The van der Waals surface area contributed by atoms with Gasteiger partial charge in [-0.2, -0.15) is 0 Å². The van der Waals surface area contributed by atoms with Crippen molar-refractivity contribution in [3.8, 4) is 40.1 Å². The summed E-state index contributed by atoms with van der Waals surface area (Å²) in [6.07, 6.45) is 0. The number of rotatable bonds is 3. The van der Waals surface area contributed by atoms with Crippen molar-refractivity contribution in [2.45, 2.75) is 0 Å². The van der Waals surface area contributed by atoms with Gasteiger partial charge in [-0.05, 0) is 77.7 Å². The van der Waals surface area contributed by atoms with E-state index in [1.807, 2.05) is 0 Å². The molecule has 0 aliphatic carbocycles. The lowest BCUT2D eigenvalue weighted by molar-refractivity contribution is 0.471. The smallest absolute Gasteiger partial charge is 0.260 e. The minimum absolute atomic E-state index is 0.166. The Bertz CT molecular complexity index is 3770. The molecule has 0 atom stereocenters. The molecule has 0 N–H and O–H groups in total. The minimum atomic E-state index is -0.166. The standard InChI is InChI=1S/C54H32BN3O2/c1-4-16-33(17-5-1)56-45-27-15-12-24-38(45)50-46(56)29-28-41-53(50)60-49-31-40-37-23-11-14-26-44(37)58(35-20-8-3-9-21-35)52(40)54-51(49)55(41)42-30-39-36-22-10-13-25-43(36)57(34-18-6-2-7-19-34)47(39)32-48(42)59-54/h1-32H. The lowest BCUT2D eigenvalue weighted by atomic mass is 9.34. The largest absolute Gasteiger partial charge is 0.458 e. The van der Waals surface area contributed by atoms with Gasteiger partial charge in [0.2, 0.25) is 0 Å². The van der Waals surface area contributed by atoms with Gasteiger partial charge in [0, 0.05) is 55.5 Å². The van der Waals surface area contributed by atoms with Gasteiger partial charge in [0.25, 0.3) is 6.71 Å². The van der Waals surface area contributed by atoms with Gasteiger partial charge < -0.3 is 23.2 Å². The first-order valence-electron chi connectivity index (χ1n) is 20.6. The van der Waals surface area contributed by atoms with E-state index >= 15 is 0 Å². The van der Waals surface area contributed by atoms with E-state index in [0.717, 1.165) is 111 Å². The number of aromatic nitrogens is 3. The Morgan fingerprint density at radius 1 is 0.333 bits per heavy atom. The molecule has 0 spiro atoms. The fraction of sp³-hybridized carbons (Fsp3) is 0. The molecule has 278 valence electrons. The van der Waals surface area contributed by atoms with Crippen molar-refractivity contribution >= 4 is 88.5 Å². The minimum Gasteiger partial charge on any atom is -0.458 e. The Morgan fingerprint density at radius 2 is 0.850 bits per heavy atom. The van der Waals surface area contributed by atoms with Crippen molar-refractivity contribution in [1.29, 1.82) is 0 Å². The average molecular weight is 766 g/mol. The summed E-state index contributed by atoms with van der Waals surface area (Å²) in [6.45, 7) is -0.166. The van der Waals surface area contributed by atoms with Crippen molar-refractivity contribution < 1.29 is 9.47 Å². The topological polar surface area (TPSA) is 33.2 Å². The number of fused-ring (bicyclic) bond motifs is 15. The highest BCUT2D eigenvalue weighted by atomic mass is 16.5. The maximum Gasteiger partial charge on any atom is 0.260 e. The SMILES string of the molecule is c1ccc(-n2c3ccccc3c3cc4c(cc32)Oc2c3c(cc5c6ccccc6n(-c6ccccc6)c25)Oc2c(ccc5c2c2ccccc2n5-c2ccccc2)B43)cc1. The van der Waals surface area contributed by atoms with Crippen molar-refractivity contribution in [2.24, 2.45) is 0 Å². The first-order chi connectivity index (χ1) is 29.8. The monoisotopic (exact) mass is 765 g/mol. The fourth-order valence-corrected chi connectivity index (χ4v) is 10.5. The molecule has 2 aliphatic heterocycles. The van der Waals surface area contributed by atoms with Gasteiger partial charge in [-0.3, -0.25) is 0 Å². The number of para-hydroxylation sites is 6. The zero-order valence-corrected chi connectivity index (χ0v) is 32.2. The molecule has 0 saturated heterocycles. The molecule has 0 fully saturated rings. The molecule has 5 heterocycles. The molecular weight excluding hydrogens is 733 g/mol. The summed E-state index contributed by atoms with van der Waals surface area (Å²) >= 11 is 0.